The molecule has 0 N–H and O–H groups in total. The molecular formula is C56H39NO. The Hall–Kier alpha value is -7.16. The van der Waals surface area contributed by atoms with E-state index in [4.69, 9.17) is 4.42 Å². The van der Waals surface area contributed by atoms with E-state index in [0.717, 1.165) is 46.0 Å². The lowest BCUT2D eigenvalue weighted by atomic mass is 9.72. The van der Waals surface area contributed by atoms with Crippen molar-refractivity contribution in [3.05, 3.63) is 228 Å². The van der Waals surface area contributed by atoms with Gasteiger partial charge in [-0.15, -0.1) is 0 Å². The monoisotopic (exact) mass is 741 g/mol. The minimum Gasteiger partial charge on any atom is -0.455 e. The lowest BCUT2D eigenvalue weighted by Crippen LogP contribution is -2.30. The third kappa shape index (κ3) is 5.18. The van der Waals surface area contributed by atoms with Crippen LogP contribution in [0.5, 0.6) is 0 Å². The molecule has 0 spiro atoms. The van der Waals surface area contributed by atoms with Crippen molar-refractivity contribution in [2.75, 3.05) is 4.90 Å². The summed E-state index contributed by atoms with van der Waals surface area (Å²) >= 11 is 0. The quantitative estimate of drug-likeness (QED) is 0.163. The number of para-hydroxylation sites is 1. The van der Waals surface area contributed by atoms with Crippen molar-refractivity contribution in [3.63, 3.8) is 0 Å². The summed E-state index contributed by atoms with van der Waals surface area (Å²) < 4.78 is 6.86. The van der Waals surface area contributed by atoms with Crippen LogP contribution in [0.1, 0.15) is 18.4 Å². The Balaban J connectivity index is 1.08. The van der Waals surface area contributed by atoms with Crippen molar-refractivity contribution in [1.29, 1.82) is 0 Å². The third-order valence-corrected chi connectivity index (χ3v) is 12.7. The van der Waals surface area contributed by atoms with Gasteiger partial charge in [-0.25, -0.2) is 0 Å². The maximum absolute atomic E-state index is 6.86. The van der Waals surface area contributed by atoms with Gasteiger partial charge >= 0.3 is 0 Å². The predicted molar refractivity (Wildman–Crippen MR) is 245 cm³/mol. The Labute approximate surface area is 337 Å². The Bertz CT molecular complexity index is 3280. The summed E-state index contributed by atoms with van der Waals surface area (Å²) in [6.45, 7) is 0. The number of nitrogens with zero attached hydrogens (tertiary/aromatic N) is 1. The van der Waals surface area contributed by atoms with Crippen molar-refractivity contribution < 1.29 is 4.42 Å². The number of anilines is 1. The van der Waals surface area contributed by atoms with Gasteiger partial charge in [0.25, 0.3) is 0 Å². The van der Waals surface area contributed by atoms with Crippen molar-refractivity contribution >= 4 is 65.5 Å². The molecule has 0 bridgehead atoms. The number of rotatable bonds is 5. The summed E-state index contributed by atoms with van der Waals surface area (Å²) in [6.07, 6.45) is 27.2. The van der Waals surface area contributed by atoms with Gasteiger partial charge in [-0.3, -0.25) is 0 Å². The highest BCUT2D eigenvalue weighted by atomic mass is 16.3. The van der Waals surface area contributed by atoms with E-state index in [1.807, 2.05) is 0 Å². The van der Waals surface area contributed by atoms with Crippen molar-refractivity contribution in [1.82, 2.24) is 0 Å². The molecule has 0 amide bonds. The average Bonchev–Trinajstić information content (AvgIpc) is 3.66. The van der Waals surface area contributed by atoms with Gasteiger partial charge in [0.2, 0.25) is 0 Å². The molecule has 8 aromatic rings. The number of hydrogen-bond acceptors (Lipinski definition) is 2. The molecule has 0 aliphatic heterocycles. The van der Waals surface area contributed by atoms with Crippen LogP contribution in [0.3, 0.4) is 0 Å². The molecule has 1 heterocycles. The lowest BCUT2D eigenvalue weighted by Gasteiger charge is -2.39. The van der Waals surface area contributed by atoms with E-state index in [0.29, 0.717) is 5.92 Å². The lowest BCUT2D eigenvalue weighted by molar-refractivity contribution is 0.604. The number of allylic oxidation sites excluding steroid dienone is 15. The van der Waals surface area contributed by atoms with Gasteiger partial charge in [-0.2, -0.15) is 0 Å². The van der Waals surface area contributed by atoms with Crippen LogP contribution in [-0.2, 0) is 0 Å². The van der Waals surface area contributed by atoms with Gasteiger partial charge < -0.3 is 9.32 Å². The van der Waals surface area contributed by atoms with Gasteiger partial charge in [-0.05, 0) is 104 Å². The Morgan fingerprint density at radius 3 is 2.12 bits per heavy atom. The zero-order valence-electron chi connectivity index (χ0n) is 32.0. The fraction of sp³-hybridized carbons (Fsp3) is 0.0714. The molecule has 0 radical (unpaired) electrons. The summed E-state index contributed by atoms with van der Waals surface area (Å²) in [5.41, 5.74) is 13.0. The standard InChI is InChI=1S/C56H39NO/c1-2-15-38-35-55-52(32-37(38)14-1)50-26-13-25-49(56(50)58-55)48-24-11-12-27-53(48)57(54-34-40-17-4-6-19-43(40)45-21-9-10-23-47(45)54)41-30-28-36(29-31-41)51-33-39-16-3-5-18-42(39)44-20-7-8-22-46(44)51/h1-11,13-26,28-35,43,45H,12,27H2. The van der Waals surface area contributed by atoms with Crippen molar-refractivity contribution in [3.8, 4) is 11.1 Å². The first-order valence-electron chi connectivity index (χ1n) is 20.5. The Morgan fingerprint density at radius 2 is 1.26 bits per heavy atom. The van der Waals surface area contributed by atoms with E-state index >= 15 is 0 Å². The van der Waals surface area contributed by atoms with E-state index < -0.39 is 0 Å². The zero-order chi connectivity index (χ0) is 38.2. The third-order valence-electron chi connectivity index (χ3n) is 12.7. The van der Waals surface area contributed by atoms with E-state index in [-0.39, 0.29) is 5.92 Å². The summed E-state index contributed by atoms with van der Waals surface area (Å²) in [6, 6.07) is 48.9. The Kier molecular flexibility index (Phi) is 7.53. The molecule has 2 unspecified atom stereocenters. The summed E-state index contributed by atoms with van der Waals surface area (Å²) in [4.78, 5) is 2.57. The van der Waals surface area contributed by atoms with Crippen molar-refractivity contribution in [2.45, 2.75) is 12.8 Å². The van der Waals surface area contributed by atoms with Crippen molar-refractivity contribution in [2.24, 2.45) is 11.8 Å². The first-order valence-corrected chi connectivity index (χ1v) is 20.5. The number of fused-ring (bicyclic) bond motifs is 10. The molecule has 2 nitrogen and oxygen atoms in total. The van der Waals surface area contributed by atoms with E-state index in [9.17, 15) is 0 Å². The highest BCUT2D eigenvalue weighted by molar-refractivity contribution is 6.14. The fourth-order valence-electron chi connectivity index (χ4n) is 9.95. The van der Waals surface area contributed by atoms with E-state index in [2.05, 4.69) is 205 Å². The highest BCUT2D eigenvalue weighted by Crippen LogP contribution is 2.47. The molecule has 2 atom stereocenters. The largest absolute Gasteiger partial charge is 0.455 e. The van der Waals surface area contributed by atoms with Crippen LogP contribution < -0.4 is 4.90 Å². The topological polar surface area (TPSA) is 16.4 Å². The first-order chi connectivity index (χ1) is 28.8. The van der Waals surface area contributed by atoms with E-state index in [1.165, 1.54) is 71.6 Å². The van der Waals surface area contributed by atoms with E-state index in [1.54, 1.807) is 0 Å². The molecule has 0 fully saturated rings. The van der Waals surface area contributed by atoms with Gasteiger partial charge in [0.1, 0.15) is 11.2 Å². The van der Waals surface area contributed by atoms with Crippen LogP contribution in [0.2, 0.25) is 0 Å². The van der Waals surface area contributed by atoms with Gasteiger partial charge in [0, 0.05) is 50.8 Å². The summed E-state index contributed by atoms with van der Waals surface area (Å²) in [7, 11) is 0. The molecule has 4 aliphatic rings. The smallest absolute Gasteiger partial charge is 0.143 e. The van der Waals surface area contributed by atoms with Gasteiger partial charge in [0.15, 0.2) is 0 Å². The maximum atomic E-state index is 6.86. The van der Waals surface area contributed by atoms with Crippen LogP contribution in [0.25, 0.3) is 71.0 Å². The number of hydrogen-bond donors (Lipinski definition) is 0. The molecule has 0 saturated heterocycles. The highest BCUT2D eigenvalue weighted by Gasteiger charge is 2.34. The average molecular weight is 742 g/mol. The molecule has 4 aliphatic carbocycles. The zero-order valence-corrected chi connectivity index (χ0v) is 32.0. The molecule has 0 saturated carbocycles. The molecular weight excluding hydrogens is 703 g/mol. The molecule has 2 heteroatoms. The van der Waals surface area contributed by atoms with Crippen LogP contribution in [0, 0.1) is 11.8 Å². The minimum atomic E-state index is 0.253. The second-order valence-corrected chi connectivity index (χ2v) is 15.9. The minimum absolute atomic E-state index is 0.253. The molecule has 7 aromatic carbocycles. The van der Waals surface area contributed by atoms with Gasteiger partial charge in [-0.1, -0.05) is 164 Å². The van der Waals surface area contributed by atoms with Crippen LogP contribution >= 0.6 is 0 Å². The SMILES string of the molecule is C1=CC2=CC(N(C3=C(c4cccc5c4oc4cc6ccccc6cc45)C=CCC3)c3ccc(-c4cc5ccccc5c5ccccc45)cc3)=C3C=CC=CC3C2C=C1. The van der Waals surface area contributed by atoms with Crippen LogP contribution in [-0.4, -0.2) is 0 Å². The second kappa shape index (κ2) is 13.2. The maximum Gasteiger partial charge on any atom is 0.143 e. The molecule has 1 aromatic heterocycles. The Morgan fingerprint density at radius 1 is 0.534 bits per heavy atom. The normalized spacial score (nSPS) is 18.5. The second-order valence-electron chi connectivity index (χ2n) is 15.9. The molecule has 12 rings (SSSR count). The van der Waals surface area contributed by atoms with Crippen LogP contribution in [0.4, 0.5) is 5.69 Å². The van der Waals surface area contributed by atoms with Crippen LogP contribution in [0.15, 0.2) is 227 Å². The predicted octanol–water partition coefficient (Wildman–Crippen LogP) is 15.0. The summed E-state index contributed by atoms with van der Waals surface area (Å²) in [5.74, 6) is 0.568. The summed E-state index contributed by atoms with van der Waals surface area (Å²) in [5, 5.41) is 9.80. The number of benzene rings is 7. The first kappa shape index (κ1) is 33.0. The molecule has 274 valence electrons. The number of furan rings is 1. The van der Waals surface area contributed by atoms with Gasteiger partial charge in [0.05, 0.1) is 0 Å². The molecule has 58 heavy (non-hydrogen) atoms. The fourth-order valence-corrected chi connectivity index (χ4v) is 9.95.